The predicted octanol–water partition coefficient (Wildman–Crippen LogP) is 1.32. The van der Waals surface area contributed by atoms with Gasteiger partial charge in [-0.25, -0.2) is 9.78 Å². The van der Waals surface area contributed by atoms with E-state index in [9.17, 15) is 9.59 Å². The van der Waals surface area contributed by atoms with E-state index in [2.05, 4.69) is 4.98 Å². The number of carbonyl (C=O) groups is 2. The van der Waals surface area contributed by atoms with Crippen LogP contribution in [0.1, 0.15) is 40.1 Å². The van der Waals surface area contributed by atoms with E-state index in [1.54, 1.807) is 17.2 Å². The molecule has 1 aromatic rings. The number of likely N-dealkylation sites (tertiary alicyclic amines) is 1. The number of hydrogen-bond donors (Lipinski definition) is 0. The average Bonchev–Trinajstić information content (AvgIpc) is 3.05. The third kappa shape index (κ3) is 2.55. The molecule has 2 unspecified atom stereocenters. The molecule has 1 aromatic heterocycles. The number of fused-ring (bicyclic) bond motifs is 2. The smallest absolute Gasteiger partial charge is 0.367 e. The van der Waals surface area contributed by atoms with Gasteiger partial charge in [-0.2, -0.15) is 0 Å². The molecular weight excluding hydrogens is 280 g/mol. The van der Waals surface area contributed by atoms with Crippen molar-refractivity contribution in [2.75, 3.05) is 19.7 Å². The first kappa shape index (κ1) is 13.5. The summed E-state index contributed by atoms with van der Waals surface area (Å²) in [6.45, 7) is 3.26. The Morgan fingerprint density at radius 3 is 2.80 bits per heavy atom. The zero-order valence-electron chi connectivity index (χ0n) is 11.2. The van der Waals surface area contributed by atoms with E-state index in [-0.39, 0.29) is 23.1 Å². The van der Waals surface area contributed by atoms with E-state index < -0.39 is 5.97 Å². The van der Waals surface area contributed by atoms with Crippen molar-refractivity contribution in [1.29, 1.82) is 0 Å². The second-order valence-electron chi connectivity index (χ2n) is 4.93. The number of ether oxygens (including phenoxy) is 2. The normalized spacial score (nSPS) is 24.8. The molecule has 2 aliphatic heterocycles. The van der Waals surface area contributed by atoms with Crippen LogP contribution in [0.3, 0.4) is 0 Å². The minimum Gasteiger partial charge on any atom is -0.461 e. The van der Waals surface area contributed by atoms with Gasteiger partial charge < -0.3 is 14.4 Å². The summed E-state index contributed by atoms with van der Waals surface area (Å²) >= 11 is 1.14. The highest BCUT2D eigenvalue weighted by molar-refractivity contribution is 7.11. The molecule has 0 saturated carbocycles. The summed E-state index contributed by atoms with van der Waals surface area (Å²) in [5.41, 5.74) is 0.319. The number of morpholine rings is 1. The Labute approximate surface area is 120 Å². The standard InChI is InChI=1S/C13H16N2O4S/c1-2-18-13(17)11-14-10(7-20-11)12(16)15-5-8-3-4-9(6-15)19-8/h7-9H,2-6H2,1H3. The number of hydrogen-bond acceptors (Lipinski definition) is 6. The SMILES string of the molecule is CCOC(=O)c1nc(C(=O)N2CC3CCC(C2)O3)cs1. The number of carbonyl (C=O) groups excluding carboxylic acids is 2. The second-order valence-corrected chi connectivity index (χ2v) is 5.78. The summed E-state index contributed by atoms with van der Waals surface area (Å²) in [7, 11) is 0. The van der Waals surface area contributed by atoms with Gasteiger partial charge in [0.05, 0.1) is 18.8 Å². The molecule has 1 amide bonds. The van der Waals surface area contributed by atoms with Crippen LogP contribution in [-0.4, -0.2) is 53.7 Å². The first-order chi connectivity index (χ1) is 9.67. The number of amides is 1. The lowest BCUT2D eigenvalue weighted by Gasteiger charge is -2.31. The van der Waals surface area contributed by atoms with Crippen molar-refractivity contribution in [3.8, 4) is 0 Å². The van der Waals surface area contributed by atoms with Crippen molar-refractivity contribution in [2.24, 2.45) is 0 Å². The number of nitrogens with zero attached hydrogens (tertiary/aromatic N) is 2. The fraction of sp³-hybridized carbons (Fsp3) is 0.615. The lowest BCUT2D eigenvalue weighted by Crippen LogP contribution is -2.45. The zero-order valence-corrected chi connectivity index (χ0v) is 12.0. The van der Waals surface area contributed by atoms with Crippen LogP contribution in [0.25, 0.3) is 0 Å². The van der Waals surface area contributed by atoms with Crippen molar-refractivity contribution < 1.29 is 19.1 Å². The molecule has 2 aliphatic rings. The maximum atomic E-state index is 12.4. The minimum atomic E-state index is -0.474. The van der Waals surface area contributed by atoms with Gasteiger partial charge in [0.15, 0.2) is 0 Å². The van der Waals surface area contributed by atoms with Gasteiger partial charge in [0, 0.05) is 18.5 Å². The van der Waals surface area contributed by atoms with Crippen LogP contribution in [0.15, 0.2) is 5.38 Å². The van der Waals surface area contributed by atoms with Crippen molar-refractivity contribution in [3.05, 3.63) is 16.1 Å². The lowest BCUT2D eigenvalue weighted by molar-refractivity contribution is -0.0305. The maximum absolute atomic E-state index is 12.4. The van der Waals surface area contributed by atoms with Gasteiger partial charge in [0.1, 0.15) is 5.69 Å². The van der Waals surface area contributed by atoms with Gasteiger partial charge in [0.25, 0.3) is 5.91 Å². The Kier molecular flexibility index (Phi) is 3.71. The predicted molar refractivity (Wildman–Crippen MR) is 71.9 cm³/mol. The fourth-order valence-electron chi connectivity index (χ4n) is 2.60. The largest absolute Gasteiger partial charge is 0.461 e. The van der Waals surface area contributed by atoms with E-state index >= 15 is 0 Å². The van der Waals surface area contributed by atoms with Gasteiger partial charge >= 0.3 is 5.97 Å². The molecule has 6 nitrogen and oxygen atoms in total. The third-order valence-corrected chi connectivity index (χ3v) is 4.33. The quantitative estimate of drug-likeness (QED) is 0.787. The molecule has 2 atom stereocenters. The molecule has 0 aliphatic carbocycles. The molecule has 2 fully saturated rings. The van der Waals surface area contributed by atoms with E-state index in [0.29, 0.717) is 25.4 Å². The number of rotatable bonds is 3. The van der Waals surface area contributed by atoms with E-state index in [4.69, 9.17) is 9.47 Å². The van der Waals surface area contributed by atoms with Gasteiger partial charge in [0.2, 0.25) is 5.01 Å². The highest BCUT2D eigenvalue weighted by Crippen LogP contribution is 2.27. The highest BCUT2D eigenvalue weighted by atomic mass is 32.1. The Balaban J connectivity index is 1.69. The van der Waals surface area contributed by atoms with Crippen LogP contribution >= 0.6 is 11.3 Å². The number of aromatic nitrogens is 1. The molecular formula is C13H16N2O4S. The van der Waals surface area contributed by atoms with Crippen molar-refractivity contribution in [3.63, 3.8) is 0 Å². The summed E-state index contributed by atoms with van der Waals surface area (Å²) < 4.78 is 10.6. The summed E-state index contributed by atoms with van der Waals surface area (Å²) in [5, 5.41) is 1.85. The van der Waals surface area contributed by atoms with Crippen molar-refractivity contribution in [1.82, 2.24) is 9.88 Å². The molecule has 0 N–H and O–H groups in total. The summed E-state index contributed by atoms with van der Waals surface area (Å²) in [4.78, 5) is 29.8. The third-order valence-electron chi connectivity index (χ3n) is 3.50. The Hall–Kier alpha value is -1.47. The molecule has 3 rings (SSSR count). The molecule has 0 aromatic carbocycles. The lowest BCUT2D eigenvalue weighted by atomic mass is 10.2. The molecule has 2 bridgehead atoms. The van der Waals surface area contributed by atoms with Crippen LogP contribution in [0.4, 0.5) is 0 Å². The van der Waals surface area contributed by atoms with E-state index in [1.165, 1.54) is 0 Å². The molecule has 20 heavy (non-hydrogen) atoms. The summed E-state index contributed by atoms with van der Waals surface area (Å²) in [6.07, 6.45) is 2.33. The number of esters is 1. The van der Waals surface area contributed by atoms with E-state index in [1.807, 2.05) is 0 Å². The first-order valence-electron chi connectivity index (χ1n) is 6.74. The van der Waals surface area contributed by atoms with Gasteiger partial charge in [-0.1, -0.05) is 0 Å². The summed E-state index contributed by atoms with van der Waals surface area (Å²) in [5.74, 6) is -0.601. The number of thiazole rings is 1. The van der Waals surface area contributed by atoms with Crippen LogP contribution in [0.5, 0.6) is 0 Å². The molecule has 0 radical (unpaired) electrons. The first-order valence-corrected chi connectivity index (χ1v) is 7.62. The topological polar surface area (TPSA) is 68.7 Å². The minimum absolute atomic E-state index is 0.128. The Morgan fingerprint density at radius 2 is 2.15 bits per heavy atom. The monoisotopic (exact) mass is 296 g/mol. The van der Waals surface area contributed by atoms with Crippen LogP contribution in [0.2, 0.25) is 0 Å². The Morgan fingerprint density at radius 1 is 1.45 bits per heavy atom. The molecule has 2 saturated heterocycles. The fourth-order valence-corrected chi connectivity index (χ4v) is 3.28. The molecule has 0 spiro atoms. The summed E-state index contributed by atoms with van der Waals surface area (Å²) in [6, 6.07) is 0. The average molecular weight is 296 g/mol. The van der Waals surface area contributed by atoms with E-state index in [0.717, 1.165) is 24.2 Å². The van der Waals surface area contributed by atoms with Gasteiger partial charge in [-0.3, -0.25) is 4.79 Å². The van der Waals surface area contributed by atoms with Crippen LogP contribution in [0, 0.1) is 0 Å². The van der Waals surface area contributed by atoms with Gasteiger partial charge in [-0.15, -0.1) is 11.3 Å². The van der Waals surface area contributed by atoms with Gasteiger partial charge in [-0.05, 0) is 19.8 Å². The molecule has 108 valence electrons. The zero-order chi connectivity index (χ0) is 14.1. The molecule has 3 heterocycles. The van der Waals surface area contributed by atoms with Crippen molar-refractivity contribution in [2.45, 2.75) is 32.0 Å². The highest BCUT2D eigenvalue weighted by Gasteiger charge is 2.36. The second kappa shape index (κ2) is 5.49. The van der Waals surface area contributed by atoms with Crippen LogP contribution < -0.4 is 0 Å². The maximum Gasteiger partial charge on any atom is 0.367 e. The van der Waals surface area contributed by atoms with Crippen LogP contribution in [-0.2, 0) is 9.47 Å². The van der Waals surface area contributed by atoms with Crippen molar-refractivity contribution >= 4 is 23.2 Å². The Bertz CT molecular complexity index is 518. The molecule has 7 heteroatoms.